The van der Waals surface area contributed by atoms with E-state index in [4.69, 9.17) is 5.11 Å². The molecule has 1 aliphatic rings. The maximum Gasteiger partial charge on any atom is 0.354 e. The average Bonchev–Trinajstić information content (AvgIpc) is 2.55. The van der Waals surface area contributed by atoms with Crippen LogP contribution in [0.5, 0.6) is 0 Å². The molecule has 1 saturated heterocycles. The van der Waals surface area contributed by atoms with Gasteiger partial charge < -0.3 is 14.9 Å². The van der Waals surface area contributed by atoms with Crippen LogP contribution in [0.3, 0.4) is 0 Å². The van der Waals surface area contributed by atoms with Gasteiger partial charge in [-0.2, -0.15) is 0 Å². The minimum atomic E-state index is -1.00. The molecule has 3 rings (SSSR count). The van der Waals surface area contributed by atoms with E-state index in [9.17, 15) is 4.79 Å². The number of piperazine rings is 1. The highest BCUT2D eigenvalue weighted by Crippen LogP contribution is 2.17. The lowest BCUT2D eigenvalue weighted by molar-refractivity contribution is 0.0690. The summed E-state index contributed by atoms with van der Waals surface area (Å²) in [5.74, 6) is 1.39. The predicted octanol–water partition coefficient (Wildman–Crippen LogP) is 1.20. The number of carboxylic acids is 1. The summed E-state index contributed by atoms with van der Waals surface area (Å²) in [5.41, 5.74) is 0.0753. The number of rotatable bonds is 3. The van der Waals surface area contributed by atoms with Gasteiger partial charge >= 0.3 is 5.97 Å². The Kier molecular flexibility index (Phi) is 3.86. The molecule has 7 nitrogen and oxygen atoms in total. The number of aromatic nitrogens is 3. The summed E-state index contributed by atoms with van der Waals surface area (Å²) < 4.78 is 0. The predicted molar refractivity (Wildman–Crippen MR) is 82.4 cm³/mol. The molecule has 22 heavy (non-hydrogen) atoms. The summed E-state index contributed by atoms with van der Waals surface area (Å²) in [6, 6.07) is 6.99. The van der Waals surface area contributed by atoms with Gasteiger partial charge in [0.25, 0.3) is 0 Å². The first kappa shape index (κ1) is 14.2. The first-order valence-electron chi connectivity index (χ1n) is 7.13. The van der Waals surface area contributed by atoms with E-state index in [1.54, 1.807) is 12.3 Å². The monoisotopic (exact) mass is 299 g/mol. The molecule has 2 aromatic rings. The molecule has 0 bridgehead atoms. The Hall–Kier alpha value is -2.70. The molecule has 0 saturated carbocycles. The van der Waals surface area contributed by atoms with Crippen LogP contribution in [-0.4, -0.2) is 52.2 Å². The van der Waals surface area contributed by atoms with Crippen LogP contribution in [0.1, 0.15) is 16.3 Å². The van der Waals surface area contributed by atoms with Crippen molar-refractivity contribution in [3.8, 4) is 0 Å². The van der Waals surface area contributed by atoms with Gasteiger partial charge in [0.1, 0.15) is 17.5 Å². The topological polar surface area (TPSA) is 82.5 Å². The van der Waals surface area contributed by atoms with Crippen molar-refractivity contribution < 1.29 is 9.90 Å². The smallest absolute Gasteiger partial charge is 0.354 e. The molecule has 0 amide bonds. The summed E-state index contributed by atoms with van der Waals surface area (Å²) in [6.45, 7) is 5.06. The van der Waals surface area contributed by atoms with Crippen molar-refractivity contribution in [3.63, 3.8) is 0 Å². The number of hydrogen-bond acceptors (Lipinski definition) is 6. The van der Waals surface area contributed by atoms with Crippen LogP contribution in [-0.2, 0) is 0 Å². The van der Waals surface area contributed by atoms with Gasteiger partial charge in [-0.15, -0.1) is 0 Å². The zero-order valence-corrected chi connectivity index (χ0v) is 12.3. The third-order valence-electron chi connectivity index (χ3n) is 3.64. The van der Waals surface area contributed by atoms with E-state index in [1.165, 1.54) is 6.07 Å². The number of hydrogen-bond donors (Lipinski definition) is 1. The first-order chi connectivity index (χ1) is 10.6. The zero-order chi connectivity index (χ0) is 15.5. The largest absolute Gasteiger partial charge is 0.477 e. The molecule has 0 aliphatic carbocycles. The van der Waals surface area contributed by atoms with Gasteiger partial charge in [-0.25, -0.2) is 19.7 Å². The molecule has 3 heterocycles. The molecule has 0 atom stereocenters. The minimum absolute atomic E-state index is 0.0753. The van der Waals surface area contributed by atoms with Crippen molar-refractivity contribution in [2.45, 2.75) is 6.92 Å². The van der Waals surface area contributed by atoms with Crippen LogP contribution in [0.15, 0.2) is 30.5 Å². The molecule has 1 N–H and O–H groups in total. The van der Waals surface area contributed by atoms with E-state index in [1.807, 2.05) is 19.1 Å². The van der Waals surface area contributed by atoms with E-state index in [0.29, 0.717) is 5.82 Å². The number of carbonyl (C=O) groups is 1. The fourth-order valence-electron chi connectivity index (χ4n) is 2.50. The van der Waals surface area contributed by atoms with E-state index in [-0.39, 0.29) is 5.69 Å². The van der Waals surface area contributed by atoms with E-state index in [0.717, 1.165) is 37.8 Å². The Bertz CT molecular complexity index is 683. The van der Waals surface area contributed by atoms with E-state index in [2.05, 4.69) is 24.8 Å². The SMILES string of the molecule is Cc1nccc(N2CCN(c3cccc(C(=O)O)n3)CC2)n1. The van der Waals surface area contributed by atoms with Crippen molar-refractivity contribution in [3.05, 3.63) is 42.0 Å². The van der Waals surface area contributed by atoms with Crippen LogP contribution in [0.2, 0.25) is 0 Å². The number of nitrogens with zero attached hydrogens (tertiary/aromatic N) is 5. The molecular weight excluding hydrogens is 282 g/mol. The first-order valence-corrected chi connectivity index (χ1v) is 7.13. The van der Waals surface area contributed by atoms with Gasteiger partial charge in [0.2, 0.25) is 0 Å². The third kappa shape index (κ3) is 2.98. The fraction of sp³-hybridized carbons (Fsp3) is 0.333. The molecule has 0 radical (unpaired) electrons. The van der Waals surface area contributed by atoms with E-state index >= 15 is 0 Å². The van der Waals surface area contributed by atoms with Crippen molar-refractivity contribution in [1.82, 2.24) is 15.0 Å². The highest BCUT2D eigenvalue weighted by atomic mass is 16.4. The highest BCUT2D eigenvalue weighted by molar-refractivity contribution is 5.85. The Morgan fingerprint density at radius 3 is 2.27 bits per heavy atom. The van der Waals surface area contributed by atoms with Crippen LogP contribution >= 0.6 is 0 Å². The van der Waals surface area contributed by atoms with Gasteiger partial charge in [-0.1, -0.05) is 6.07 Å². The van der Waals surface area contributed by atoms with Gasteiger partial charge in [0.05, 0.1) is 0 Å². The van der Waals surface area contributed by atoms with Crippen molar-refractivity contribution in [1.29, 1.82) is 0 Å². The molecule has 0 spiro atoms. The van der Waals surface area contributed by atoms with Gasteiger partial charge in [-0.3, -0.25) is 0 Å². The van der Waals surface area contributed by atoms with Crippen LogP contribution in [0, 0.1) is 6.92 Å². The number of aryl methyl sites for hydroxylation is 1. The molecular formula is C15H17N5O2. The maximum absolute atomic E-state index is 11.0. The van der Waals surface area contributed by atoms with Crippen LogP contribution in [0.25, 0.3) is 0 Å². The van der Waals surface area contributed by atoms with Crippen molar-refractivity contribution in [2.24, 2.45) is 0 Å². The lowest BCUT2D eigenvalue weighted by atomic mass is 10.3. The van der Waals surface area contributed by atoms with Gasteiger partial charge in [-0.05, 0) is 25.1 Å². The Labute approximate surface area is 128 Å². The molecule has 0 aromatic carbocycles. The quantitative estimate of drug-likeness (QED) is 0.912. The maximum atomic E-state index is 11.0. The van der Waals surface area contributed by atoms with Crippen LogP contribution < -0.4 is 9.80 Å². The summed E-state index contributed by atoms with van der Waals surface area (Å²) in [6.07, 6.45) is 1.77. The highest BCUT2D eigenvalue weighted by Gasteiger charge is 2.20. The summed E-state index contributed by atoms with van der Waals surface area (Å²) in [4.78, 5) is 28.0. The summed E-state index contributed by atoms with van der Waals surface area (Å²) in [7, 11) is 0. The molecule has 2 aromatic heterocycles. The molecule has 7 heteroatoms. The number of pyridine rings is 1. The molecule has 114 valence electrons. The van der Waals surface area contributed by atoms with E-state index < -0.39 is 5.97 Å². The fourth-order valence-corrected chi connectivity index (χ4v) is 2.50. The van der Waals surface area contributed by atoms with Gasteiger partial charge in [0, 0.05) is 32.4 Å². The minimum Gasteiger partial charge on any atom is -0.477 e. The second-order valence-electron chi connectivity index (χ2n) is 5.12. The Morgan fingerprint density at radius 1 is 1.05 bits per heavy atom. The van der Waals surface area contributed by atoms with Crippen molar-refractivity contribution in [2.75, 3.05) is 36.0 Å². The third-order valence-corrected chi connectivity index (χ3v) is 3.64. The number of carboxylic acid groups (broad SMARTS) is 1. The van der Waals surface area contributed by atoms with Crippen LogP contribution in [0.4, 0.5) is 11.6 Å². The second-order valence-corrected chi connectivity index (χ2v) is 5.12. The summed E-state index contributed by atoms with van der Waals surface area (Å²) in [5, 5.41) is 9.02. The number of aromatic carboxylic acids is 1. The van der Waals surface area contributed by atoms with Crippen molar-refractivity contribution >= 4 is 17.6 Å². The lowest BCUT2D eigenvalue weighted by Gasteiger charge is -2.36. The second kappa shape index (κ2) is 5.97. The zero-order valence-electron chi connectivity index (χ0n) is 12.3. The molecule has 0 unspecified atom stereocenters. The Balaban J connectivity index is 1.69. The number of anilines is 2. The average molecular weight is 299 g/mol. The Morgan fingerprint density at radius 2 is 1.68 bits per heavy atom. The normalized spacial score (nSPS) is 15.0. The lowest BCUT2D eigenvalue weighted by Crippen LogP contribution is -2.47. The molecule has 1 fully saturated rings. The van der Waals surface area contributed by atoms with Gasteiger partial charge in [0.15, 0.2) is 5.69 Å². The standard InChI is InChI=1S/C15H17N5O2/c1-11-16-6-5-14(17-11)20-9-7-19(8-10-20)13-4-2-3-12(18-13)15(21)22/h2-6H,7-10H2,1H3,(H,21,22). The summed E-state index contributed by atoms with van der Waals surface area (Å²) >= 11 is 0. The molecule has 1 aliphatic heterocycles.